The van der Waals surface area contributed by atoms with Crippen molar-refractivity contribution in [3.63, 3.8) is 0 Å². The molecule has 13 aromatic rings. The molecule has 0 spiro atoms. The Kier molecular flexibility index (Phi) is 9.29. The van der Waals surface area contributed by atoms with Crippen molar-refractivity contribution in [1.82, 2.24) is 4.57 Å². The van der Waals surface area contributed by atoms with Crippen LogP contribution in [0.15, 0.2) is 174 Å². The van der Waals surface area contributed by atoms with Crippen LogP contribution in [0.3, 0.4) is 0 Å². The van der Waals surface area contributed by atoms with Crippen molar-refractivity contribution in [2.75, 3.05) is 5.32 Å². The van der Waals surface area contributed by atoms with E-state index in [1.165, 1.54) is 119 Å². The Bertz CT molecular complexity index is 4500. The maximum atomic E-state index is 7.09. The summed E-state index contributed by atoms with van der Waals surface area (Å²) in [7, 11) is 0.756. The summed E-state index contributed by atoms with van der Waals surface area (Å²) in [4.78, 5) is 0. The molecule has 0 saturated heterocycles. The molecule has 358 valence electrons. The second-order valence-electron chi connectivity index (χ2n) is 23.6. The van der Waals surface area contributed by atoms with E-state index in [0.717, 1.165) is 52.1 Å². The number of hydrogen-bond donors (Lipinski definition) is 1. The zero-order valence-corrected chi connectivity index (χ0v) is 44.6. The number of furan rings is 1. The summed E-state index contributed by atoms with van der Waals surface area (Å²) >= 11 is 3.84. The molecule has 0 saturated carbocycles. The molecule has 0 bridgehead atoms. The van der Waals surface area contributed by atoms with Gasteiger partial charge in [0.25, 0.3) is 0 Å². The summed E-state index contributed by atoms with van der Waals surface area (Å²) in [5.74, 6) is 0.900. The van der Waals surface area contributed by atoms with Crippen LogP contribution in [0.5, 0.6) is 0 Å². The first-order valence-electron chi connectivity index (χ1n) is 26.3. The fourth-order valence-corrected chi connectivity index (χ4v) is 15.2. The third kappa shape index (κ3) is 6.56. The van der Waals surface area contributed by atoms with E-state index in [1.54, 1.807) is 0 Å². The van der Waals surface area contributed by atoms with Crippen LogP contribution in [0, 0.1) is 0 Å². The van der Waals surface area contributed by atoms with Gasteiger partial charge >= 0.3 is 0 Å². The summed E-state index contributed by atoms with van der Waals surface area (Å²) in [6.45, 7) is 16.6. The molecule has 1 N–H and O–H groups in total. The lowest BCUT2D eigenvalue weighted by Crippen LogP contribution is -2.37. The van der Waals surface area contributed by atoms with Crippen LogP contribution in [0.4, 0.5) is 11.4 Å². The van der Waals surface area contributed by atoms with Gasteiger partial charge in [-0.25, -0.2) is 0 Å². The van der Waals surface area contributed by atoms with E-state index in [4.69, 9.17) is 4.42 Å². The van der Waals surface area contributed by atoms with Crippen molar-refractivity contribution in [1.29, 1.82) is 0 Å². The number of fused-ring (bicyclic) bond motifs is 13. The van der Waals surface area contributed by atoms with Crippen LogP contribution in [0.2, 0.25) is 0 Å². The van der Waals surface area contributed by atoms with E-state index in [9.17, 15) is 0 Å². The van der Waals surface area contributed by atoms with Gasteiger partial charge in [0.1, 0.15) is 11.3 Å². The van der Waals surface area contributed by atoms with Gasteiger partial charge in [-0.2, -0.15) is 0 Å². The van der Waals surface area contributed by atoms with Crippen molar-refractivity contribution < 1.29 is 4.42 Å². The van der Waals surface area contributed by atoms with Crippen molar-refractivity contribution in [3.8, 4) is 39.3 Å². The molecule has 2 aliphatic rings. The lowest BCUT2D eigenvalue weighted by molar-refractivity contribution is 0.332. The van der Waals surface area contributed by atoms with Gasteiger partial charge in [0.05, 0.1) is 5.52 Å². The molecule has 9 aromatic carbocycles. The molecule has 4 aromatic heterocycles. The van der Waals surface area contributed by atoms with Crippen LogP contribution in [0.25, 0.3) is 112 Å². The quantitative estimate of drug-likeness (QED) is 0.174. The zero-order valence-electron chi connectivity index (χ0n) is 43.0. The summed E-state index contributed by atoms with van der Waals surface area (Å²) in [6.07, 6.45) is 2.38. The molecule has 0 radical (unpaired) electrons. The van der Waals surface area contributed by atoms with Crippen LogP contribution < -0.4 is 16.2 Å². The first-order valence-corrected chi connectivity index (χ1v) is 27.9. The van der Waals surface area contributed by atoms with Crippen molar-refractivity contribution >= 4 is 125 Å². The van der Waals surface area contributed by atoms with Gasteiger partial charge in [-0.05, 0) is 129 Å². The number of thiophene rings is 2. The topological polar surface area (TPSA) is 30.1 Å². The molecule has 74 heavy (non-hydrogen) atoms. The SMILES string of the molecule is CC(C)(C)c1ccc(Nc2cc3sc4cc5c(cc4c3cc2-c2ccc3c4cc6sc7ccccc7c6cc4n4c3c2Bc2cc3oc(-c6ccccc6)c(-c6ccccc6)c3cc2-4)C(C)(C)CCC5(C)C)cc1. The largest absolute Gasteiger partial charge is 0.455 e. The molecule has 5 heterocycles. The fraction of sp³-hybridized carbons (Fsp3) is 0.176. The van der Waals surface area contributed by atoms with Gasteiger partial charge in [-0.15, -0.1) is 22.7 Å². The average molecular weight is 991 g/mol. The number of benzene rings is 9. The van der Waals surface area contributed by atoms with E-state index in [2.05, 4.69) is 228 Å². The molecule has 1 aliphatic carbocycles. The molecular weight excluding hydrogens is 936 g/mol. The highest BCUT2D eigenvalue weighted by atomic mass is 32.1. The number of aromatic nitrogens is 1. The van der Waals surface area contributed by atoms with Crippen molar-refractivity contribution in [2.45, 2.75) is 77.6 Å². The Hall–Kier alpha value is -7.38. The molecule has 0 amide bonds. The van der Waals surface area contributed by atoms with Crippen LogP contribution in [0.1, 0.15) is 78.0 Å². The molecular formula is C68H55BN2OS2. The van der Waals surface area contributed by atoms with Crippen LogP contribution in [-0.4, -0.2) is 11.8 Å². The summed E-state index contributed by atoms with van der Waals surface area (Å²) in [5.41, 5.74) is 19.9. The number of rotatable bonds is 5. The Morgan fingerprint density at radius 3 is 1.95 bits per heavy atom. The summed E-state index contributed by atoms with van der Waals surface area (Å²) in [5, 5.41) is 13.0. The monoisotopic (exact) mass is 990 g/mol. The number of nitrogens with one attached hydrogen (secondary N) is 1. The second-order valence-corrected chi connectivity index (χ2v) is 25.8. The first-order chi connectivity index (χ1) is 35.8. The number of nitrogens with zero attached hydrogens (tertiary/aromatic N) is 1. The second kappa shape index (κ2) is 15.6. The van der Waals surface area contributed by atoms with Gasteiger partial charge in [0.15, 0.2) is 7.28 Å². The van der Waals surface area contributed by atoms with E-state index in [0.29, 0.717) is 0 Å². The smallest absolute Gasteiger partial charge is 0.198 e. The average Bonchev–Trinajstić information content (AvgIpc) is 4.25. The number of anilines is 2. The third-order valence-electron chi connectivity index (χ3n) is 17.0. The van der Waals surface area contributed by atoms with E-state index in [1.807, 2.05) is 22.7 Å². The molecule has 0 fully saturated rings. The predicted octanol–water partition coefficient (Wildman–Crippen LogP) is 18.4. The highest BCUT2D eigenvalue weighted by Crippen LogP contribution is 2.51. The van der Waals surface area contributed by atoms with Gasteiger partial charge in [0, 0.05) is 95.8 Å². The molecule has 0 unspecified atom stereocenters. The van der Waals surface area contributed by atoms with Gasteiger partial charge in [-0.1, -0.05) is 157 Å². The van der Waals surface area contributed by atoms with Gasteiger partial charge in [0.2, 0.25) is 0 Å². The summed E-state index contributed by atoms with van der Waals surface area (Å²) in [6, 6.07) is 64.1. The maximum Gasteiger partial charge on any atom is 0.198 e. The Morgan fingerprint density at radius 2 is 1.19 bits per heavy atom. The predicted molar refractivity (Wildman–Crippen MR) is 323 cm³/mol. The fourth-order valence-electron chi connectivity index (χ4n) is 12.9. The normalized spacial score (nSPS) is 14.9. The lowest BCUT2D eigenvalue weighted by atomic mass is 9.59. The molecule has 1 aliphatic heterocycles. The van der Waals surface area contributed by atoms with Crippen LogP contribution in [-0.2, 0) is 16.2 Å². The number of hydrogen-bond acceptors (Lipinski definition) is 4. The first kappa shape index (κ1) is 44.1. The summed E-state index contributed by atoms with van der Waals surface area (Å²) < 4.78 is 15.0. The highest BCUT2D eigenvalue weighted by Gasteiger charge is 2.38. The minimum Gasteiger partial charge on any atom is -0.455 e. The van der Waals surface area contributed by atoms with Gasteiger partial charge < -0.3 is 14.3 Å². The Labute approximate surface area is 440 Å². The van der Waals surface area contributed by atoms with Gasteiger partial charge in [-0.3, -0.25) is 0 Å². The van der Waals surface area contributed by atoms with E-state index in [-0.39, 0.29) is 16.2 Å². The maximum absolute atomic E-state index is 7.09. The lowest BCUT2D eigenvalue weighted by Gasteiger charge is -2.41. The minimum atomic E-state index is 0.0600. The zero-order chi connectivity index (χ0) is 50.0. The minimum absolute atomic E-state index is 0.0600. The molecule has 6 heteroatoms. The molecule has 15 rings (SSSR count). The standard InChI is InChI=1S/C68H55BN2OS2/c1-66(2,3)40-22-24-41(25-23-40)70-54-37-61-47(48-31-51-52(35-60(48)74-61)68(6,7)29-28-67(51,4)5)30-45(54)43-26-27-44-46-34-59-49(42-20-14-15-21-58(42)73-59)32-55(46)71-56-33-50-57(36-53(56)69-63(43)64(44)71)72-65(39-18-12-9-13-19-39)62(50)38-16-10-8-11-17-38/h8-27,30-37,69-70H,28-29H2,1-7H3. The van der Waals surface area contributed by atoms with Crippen LogP contribution >= 0.6 is 22.7 Å². The third-order valence-corrected chi connectivity index (χ3v) is 19.3. The molecule has 0 atom stereocenters. The van der Waals surface area contributed by atoms with Crippen molar-refractivity contribution in [2.24, 2.45) is 0 Å². The van der Waals surface area contributed by atoms with Crippen molar-refractivity contribution in [3.05, 3.63) is 187 Å². The highest BCUT2D eigenvalue weighted by molar-refractivity contribution is 7.26. The Balaban J connectivity index is 1.02. The Morgan fingerprint density at radius 1 is 0.541 bits per heavy atom. The van der Waals surface area contributed by atoms with E-state index >= 15 is 0 Å². The van der Waals surface area contributed by atoms with E-state index < -0.39 is 0 Å². The molecule has 3 nitrogen and oxygen atoms in total.